The summed E-state index contributed by atoms with van der Waals surface area (Å²) in [6, 6.07) is 0. The number of rotatable bonds is 5. The largest absolute Gasteiger partial charge is 0.381 e. The third-order valence-electron chi connectivity index (χ3n) is 3.77. The van der Waals surface area contributed by atoms with Crippen LogP contribution in [-0.4, -0.2) is 68.1 Å². The van der Waals surface area contributed by atoms with Gasteiger partial charge < -0.3 is 9.64 Å². The van der Waals surface area contributed by atoms with Gasteiger partial charge in [0.2, 0.25) is 0 Å². The average Bonchev–Trinajstić information content (AvgIpc) is 2.86. The fourth-order valence-electron chi connectivity index (χ4n) is 2.63. The third kappa shape index (κ3) is 3.76. The highest BCUT2D eigenvalue weighted by atomic mass is 16.5. The molecule has 2 rings (SSSR count). The number of carbonyl (C=O) groups excluding carboxylic acids is 1. The molecule has 4 heteroatoms. The van der Waals surface area contributed by atoms with Crippen molar-refractivity contribution >= 4 is 5.78 Å². The van der Waals surface area contributed by atoms with Gasteiger partial charge in [-0.2, -0.15) is 0 Å². The minimum absolute atomic E-state index is 0.170. The second-order valence-electron chi connectivity index (χ2n) is 5.14. The van der Waals surface area contributed by atoms with Crippen molar-refractivity contribution in [2.75, 3.05) is 52.5 Å². The van der Waals surface area contributed by atoms with Crippen LogP contribution >= 0.6 is 0 Å². The molecule has 2 aliphatic rings. The van der Waals surface area contributed by atoms with Gasteiger partial charge in [-0.15, -0.1) is 0 Å². The van der Waals surface area contributed by atoms with E-state index in [0.717, 1.165) is 39.2 Å². The van der Waals surface area contributed by atoms with Crippen LogP contribution in [0.3, 0.4) is 0 Å². The van der Waals surface area contributed by atoms with E-state index in [1.165, 1.54) is 13.0 Å². The third-order valence-corrected chi connectivity index (χ3v) is 3.77. The molecule has 0 aliphatic carbocycles. The van der Waals surface area contributed by atoms with Crippen molar-refractivity contribution in [1.82, 2.24) is 9.80 Å². The molecule has 1 unspecified atom stereocenters. The van der Waals surface area contributed by atoms with E-state index < -0.39 is 0 Å². The van der Waals surface area contributed by atoms with Crippen molar-refractivity contribution in [2.45, 2.75) is 19.8 Å². The zero-order valence-corrected chi connectivity index (χ0v) is 10.9. The minimum Gasteiger partial charge on any atom is -0.381 e. The highest BCUT2D eigenvalue weighted by Crippen LogP contribution is 2.14. The molecule has 0 saturated carbocycles. The van der Waals surface area contributed by atoms with E-state index in [2.05, 4.69) is 16.7 Å². The lowest BCUT2D eigenvalue weighted by atomic mass is 10.0. The smallest absolute Gasteiger partial charge is 0.152 e. The molecule has 98 valence electrons. The number of ketones is 1. The summed E-state index contributed by atoms with van der Waals surface area (Å²) in [6.45, 7) is 9.76. The van der Waals surface area contributed by atoms with Crippen LogP contribution in [0.5, 0.6) is 0 Å². The molecule has 0 spiro atoms. The Morgan fingerprint density at radius 2 is 1.94 bits per heavy atom. The molecule has 2 aliphatic heterocycles. The van der Waals surface area contributed by atoms with Crippen LogP contribution < -0.4 is 0 Å². The van der Waals surface area contributed by atoms with Crippen molar-refractivity contribution in [3.05, 3.63) is 0 Å². The molecule has 0 amide bonds. The summed E-state index contributed by atoms with van der Waals surface area (Å²) in [4.78, 5) is 16.8. The minimum atomic E-state index is 0.170. The van der Waals surface area contributed by atoms with Gasteiger partial charge in [0.05, 0.1) is 13.2 Å². The summed E-state index contributed by atoms with van der Waals surface area (Å²) in [6.07, 6.45) is 2.15. The molecule has 1 atom stereocenters. The number of hydrogen-bond acceptors (Lipinski definition) is 4. The lowest BCUT2D eigenvalue weighted by Crippen LogP contribution is -2.48. The van der Waals surface area contributed by atoms with E-state index in [1.807, 2.05) is 0 Å². The summed E-state index contributed by atoms with van der Waals surface area (Å²) < 4.78 is 5.27. The van der Waals surface area contributed by atoms with Crippen LogP contribution in [0.15, 0.2) is 0 Å². The first kappa shape index (κ1) is 13.0. The fourth-order valence-corrected chi connectivity index (χ4v) is 2.63. The summed E-state index contributed by atoms with van der Waals surface area (Å²) in [5.74, 6) is 0.551. The quantitative estimate of drug-likeness (QED) is 0.705. The first-order valence-corrected chi connectivity index (χ1v) is 6.84. The Balaban J connectivity index is 1.68. The van der Waals surface area contributed by atoms with Gasteiger partial charge in [0.15, 0.2) is 5.78 Å². The monoisotopic (exact) mass is 240 g/mol. The summed E-state index contributed by atoms with van der Waals surface area (Å²) in [5, 5.41) is 0. The van der Waals surface area contributed by atoms with Gasteiger partial charge in [0, 0.05) is 38.7 Å². The lowest BCUT2D eigenvalue weighted by Gasteiger charge is -2.34. The molecular weight excluding hydrogens is 216 g/mol. The Kier molecular flexibility index (Phi) is 4.95. The SMILES string of the molecule is CCCN1CCN(CC(=O)C2CCOC2)CC1. The zero-order chi connectivity index (χ0) is 12.1. The van der Waals surface area contributed by atoms with Crippen molar-refractivity contribution in [1.29, 1.82) is 0 Å². The van der Waals surface area contributed by atoms with Crippen LogP contribution in [0, 0.1) is 5.92 Å². The molecule has 0 bridgehead atoms. The van der Waals surface area contributed by atoms with Gasteiger partial charge >= 0.3 is 0 Å². The predicted molar refractivity (Wildman–Crippen MR) is 67.1 cm³/mol. The van der Waals surface area contributed by atoms with Gasteiger partial charge in [-0.25, -0.2) is 0 Å². The highest BCUT2D eigenvalue weighted by Gasteiger charge is 2.26. The summed E-state index contributed by atoms with van der Waals surface area (Å²) in [7, 11) is 0. The zero-order valence-electron chi connectivity index (χ0n) is 10.9. The van der Waals surface area contributed by atoms with Crippen molar-refractivity contribution < 1.29 is 9.53 Å². The number of carbonyl (C=O) groups is 1. The number of ether oxygens (including phenoxy) is 1. The van der Waals surface area contributed by atoms with Crippen molar-refractivity contribution in [3.8, 4) is 0 Å². The Morgan fingerprint density at radius 1 is 1.24 bits per heavy atom. The van der Waals surface area contributed by atoms with E-state index in [-0.39, 0.29) is 5.92 Å². The van der Waals surface area contributed by atoms with Gasteiger partial charge in [0.25, 0.3) is 0 Å². The number of piperazine rings is 1. The number of Topliss-reactive ketones (excluding diaryl/α,β-unsaturated/α-hetero) is 1. The van der Waals surface area contributed by atoms with E-state index in [0.29, 0.717) is 18.9 Å². The summed E-state index contributed by atoms with van der Waals surface area (Å²) >= 11 is 0. The van der Waals surface area contributed by atoms with Crippen LogP contribution in [0.1, 0.15) is 19.8 Å². The highest BCUT2D eigenvalue weighted by molar-refractivity contribution is 5.83. The number of nitrogens with zero attached hydrogens (tertiary/aromatic N) is 2. The maximum atomic E-state index is 12.0. The van der Waals surface area contributed by atoms with Crippen molar-refractivity contribution in [2.24, 2.45) is 5.92 Å². The van der Waals surface area contributed by atoms with Gasteiger partial charge in [-0.05, 0) is 19.4 Å². The molecule has 4 nitrogen and oxygen atoms in total. The molecule has 17 heavy (non-hydrogen) atoms. The van der Waals surface area contributed by atoms with Crippen LogP contribution in [0.4, 0.5) is 0 Å². The van der Waals surface area contributed by atoms with Crippen LogP contribution in [0.25, 0.3) is 0 Å². The van der Waals surface area contributed by atoms with Crippen LogP contribution in [0.2, 0.25) is 0 Å². The Morgan fingerprint density at radius 3 is 2.53 bits per heavy atom. The van der Waals surface area contributed by atoms with Gasteiger partial charge in [0.1, 0.15) is 0 Å². The fraction of sp³-hybridized carbons (Fsp3) is 0.923. The first-order valence-electron chi connectivity index (χ1n) is 6.84. The number of hydrogen-bond donors (Lipinski definition) is 0. The van der Waals surface area contributed by atoms with Crippen LogP contribution in [-0.2, 0) is 9.53 Å². The molecule has 0 aromatic rings. The van der Waals surface area contributed by atoms with E-state index in [9.17, 15) is 4.79 Å². The second-order valence-corrected chi connectivity index (χ2v) is 5.14. The summed E-state index contributed by atoms with van der Waals surface area (Å²) in [5.41, 5.74) is 0. The normalized spacial score (nSPS) is 27.5. The maximum Gasteiger partial charge on any atom is 0.152 e. The first-order chi connectivity index (χ1) is 8.29. The molecule has 2 heterocycles. The topological polar surface area (TPSA) is 32.8 Å². The lowest BCUT2D eigenvalue weighted by molar-refractivity contribution is -0.124. The predicted octanol–water partition coefficient (Wildman–Crippen LogP) is 0.620. The molecule has 2 fully saturated rings. The molecule has 0 aromatic heterocycles. The van der Waals surface area contributed by atoms with E-state index in [4.69, 9.17) is 4.74 Å². The molecular formula is C13H24N2O2. The Hall–Kier alpha value is -0.450. The van der Waals surface area contributed by atoms with Crippen molar-refractivity contribution in [3.63, 3.8) is 0 Å². The average molecular weight is 240 g/mol. The molecule has 0 N–H and O–H groups in total. The van der Waals surface area contributed by atoms with Gasteiger partial charge in [-0.3, -0.25) is 9.69 Å². The molecule has 0 aromatic carbocycles. The maximum absolute atomic E-state index is 12.0. The Labute approximate surface area is 104 Å². The second kappa shape index (κ2) is 6.47. The van der Waals surface area contributed by atoms with E-state index >= 15 is 0 Å². The van der Waals surface area contributed by atoms with Gasteiger partial charge in [-0.1, -0.05) is 6.92 Å². The molecule has 2 saturated heterocycles. The molecule has 0 radical (unpaired) electrons. The van der Waals surface area contributed by atoms with E-state index in [1.54, 1.807) is 0 Å². The Bertz CT molecular complexity index is 244. The standard InChI is InChI=1S/C13H24N2O2/c1-2-4-14-5-7-15(8-6-14)10-13(16)12-3-9-17-11-12/h12H,2-11H2,1H3.